The summed E-state index contributed by atoms with van der Waals surface area (Å²) in [4.78, 5) is 25.2. The molecule has 0 aliphatic rings. The average Bonchev–Trinajstić information content (AvgIpc) is 3.27. The molecule has 3 aromatic rings. The fourth-order valence-electron chi connectivity index (χ4n) is 3.48. The number of rotatable bonds is 13. The zero-order chi connectivity index (χ0) is 25.9. The van der Waals surface area contributed by atoms with Crippen LogP contribution >= 0.6 is 11.8 Å². The summed E-state index contributed by atoms with van der Waals surface area (Å²) in [6, 6.07) is 14.3. The molecule has 2 N–H and O–H groups in total. The van der Waals surface area contributed by atoms with Crippen molar-refractivity contribution in [3.63, 3.8) is 0 Å². The predicted molar refractivity (Wildman–Crippen MR) is 140 cm³/mol. The van der Waals surface area contributed by atoms with Gasteiger partial charge in [-0.25, -0.2) is 0 Å². The van der Waals surface area contributed by atoms with E-state index in [0.717, 1.165) is 11.3 Å². The Labute approximate surface area is 215 Å². The highest BCUT2D eigenvalue weighted by Crippen LogP contribution is 2.25. The number of allylic oxidation sites excluding steroid dienone is 1. The van der Waals surface area contributed by atoms with Gasteiger partial charge >= 0.3 is 0 Å². The van der Waals surface area contributed by atoms with Gasteiger partial charge in [-0.2, -0.15) is 0 Å². The van der Waals surface area contributed by atoms with E-state index in [4.69, 9.17) is 9.47 Å². The Hall–Kier alpha value is -3.79. The number of nitrogens with zero attached hydrogens (tertiary/aromatic N) is 3. The minimum Gasteiger partial charge on any atom is -0.497 e. The zero-order valence-corrected chi connectivity index (χ0v) is 21.5. The van der Waals surface area contributed by atoms with Gasteiger partial charge in [-0.05, 0) is 43.7 Å². The Morgan fingerprint density at radius 1 is 1.14 bits per heavy atom. The molecule has 2 amide bonds. The highest BCUT2D eigenvalue weighted by molar-refractivity contribution is 7.99. The highest BCUT2D eigenvalue weighted by Gasteiger charge is 2.20. The van der Waals surface area contributed by atoms with E-state index in [-0.39, 0.29) is 30.0 Å². The van der Waals surface area contributed by atoms with E-state index in [1.54, 1.807) is 19.3 Å². The van der Waals surface area contributed by atoms with Gasteiger partial charge in [0.05, 0.1) is 37.6 Å². The van der Waals surface area contributed by atoms with Crippen molar-refractivity contribution in [1.82, 2.24) is 20.1 Å². The van der Waals surface area contributed by atoms with E-state index in [2.05, 4.69) is 27.4 Å². The summed E-state index contributed by atoms with van der Waals surface area (Å²) in [7, 11) is 1.60. The fraction of sp³-hybridized carbons (Fsp3) is 0.308. The molecule has 10 heteroatoms. The third-order valence-electron chi connectivity index (χ3n) is 5.14. The molecule has 0 bridgehead atoms. The van der Waals surface area contributed by atoms with E-state index < -0.39 is 0 Å². The topological polar surface area (TPSA) is 107 Å². The molecule has 0 saturated carbocycles. The number of methoxy groups -OCH3 is 1. The first-order valence-corrected chi connectivity index (χ1v) is 12.5. The Morgan fingerprint density at radius 2 is 1.89 bits per heavy atom. The number of benzene rings is 2. The van der Waals surface area contributed by atoms with Gasteiger partial charge in [0.15, 0.2) is 11.0 Å². The van der Waals surface area contributed by atoms with Crippen molar-refractivity contribution in [2.24, 2.45) is 0 Å². The van der Waals surface area contributed by atoms with E-state index >= 15 is 0 Å². The van der Waals surface area contributed by atoms with Gasteiger partial charge in [-0.1, -0.05) is 42.1 Å². The third kappa shape index (κ3) is 7.35. The van der Waals surface area contributed by atoms with Crippen LogP contribution in [0.1, 0.15) is 31.3 Å². The number of nitrogens with one attached hydrogen (secondary N) is 2. The molecule has 9 nitrogen and oxygen atoms in total. The van der Waals surface area contributed by atoms with Gasteiger partial charge in [-0.15, -0.1) is 16.8 Å². The number of ether oxygens (including phenoxy) is 2. The third-order valence-corrected chi connectivity index (χ3v) is 6.11. The van der Waals surface area contributed by atoms with E-state index in [0.29, 0.717) is 35.6 Å². The van der Waals surface area contributed by atoms with Crippen LogP contribution in [0.15, 0.2) is 66.3 Å². The second-order valence-corrected chi connectivity index (χ2v) is 8.76. The first-order chi connectivity index (χ1) is 17.4. The minimum atomic E-state index is -0.385. The summed E-state index contributed by atoms with van der Waals surface area (Å²) >= 11 is 1.26. The first-order valence-electron chi connectivity index (χ1n) is 11.6. The van der Waals surface area contributed by atoms with Gasteiger partial charge in [0, 0.05) is 6.54 Å². The number of hydrogen-bond donors (Lipinski definition) is 2. The number of aromatic nitrogens is 3. The minimum absolute atomic E-state index is 0.133. The van der Waals surface area contributed by atoms with Crippen LogP contribution in [0.2, 0.25) is 0 Å². The molecule has 0 aliphatic heterocycles. The summed E-state index contributed by atoms with van der Waals surface area (Å²) in [6.07, 6.45) is 1.95. The normalized spacial score (nSPS) is 11.4. The lowest BCUT2D eigenvalue weighted by Crippen LogP contribution is -2.30. The van der Waals surface area contributed by atoms with Crippen molar-refractivity contribution in [2.45, 2.75) is 38.0 Å². The van der Waals surface area contributed by atoms with Crippen LogP contribution < -0.4 is 20.1 Å². The molecule has 0 spiro atoms. The van der Waals surface area contributed by atoms with Gasteiger partial charge in [0.1, 0.15) is 11.5 Å². The molecular weight excluding hydrogens is 478 g/mol. The molecule has 0 radical (unpaired) electrons. The summed E-state index contributed by atoms with van der Waals surface area (Å²) in [5, 5.41) is 14.9. The number of thioether (sulfide) groups is 1. The smallest absolute Gasteiger partial charge is 0.234 e. The number of carbonyl (C=O) groups is 2. The number of carbonyl (C=O) groups excluding carboxylic acids is 2. The van der Waals surface area contributed by atoms with Gasteiger partial charge < -0.3 is 24.7 Å². The molecule has 0 fully saturated rings. The van der Waals surface area contributed by atoms with Crippen molar-refractivity contribution in [3.05, 3.63) is 72.6 Å². The standard InChI is InChI=1S/C26H31N5O4S/c1-5-15-31-25(18(3)27-23(32)16-19-11-13-20(34-4)14-12-19)29-30-26(31)36-17-24(33)28-21-9-7-8-10-22(21)35-6-2/h5,7-14,18H,1,6,15-17H2,2-4H3,(H,27,32)(H,28,33). The van der Waals surface area contributed by atoms with Crippen LogP contribution in [0.5, 0.6) is 11.5 Å². The molecule has 1 unspecified atom stereocenters. The van der Waals surface area contributed by atoms with Crippen LogP contribution in [0, 0.1) is 0 Å². The van der Waals surface area contributed by atoms with Crippen LogP contribution in [0.25, 0.3) is 0 Å². The molecule has 0 saturated heterocycles. The molecule has 1 heterocycles. The predicted octanol–water partition coefficient (Wildman–Crippen LogP) is 4.02. The summed E-state index contributed by atoms with van der Waals surface area (Å²) in [5.41, 5.74) is 1.49. The van der Waals surface area contributed by atoms with Crippen LogP contribution in [0.4, 0.5) is 5.69 Å². The van der Waals surface area contributed by atoms with Gasteiger partial charge in [-0.3, -0.25) is 9.59 Å². The molecule has 2 aromatic carbocycles. The number of para-hydroxylation sites is 2. The maximum atomic E-state index is 12.6. The Morgan fingerprint density at radius 3 is 2.58 bits per heavy atom. The Bertz CT molecular complexity index is 1180. The molecule has 190 valence electrons. The van der Waals surface area contributed by atoms with Crippen molar-refractivity contribution in [1.29, 1.82) is 0 Å². The van der Waals surface area contributed by atoms with E-state index in [9.17, 15) is 9.59 Å². The largest absolute Gasteiger partial charge is 0.497 e. The number of anilines is 1. The molecule has 1 aromatic heterocycles. The molecule has 36 heavy (non-hydrogen) atoms. The van der Waals surface area contributed by atoms with Crippen LogP contribution in [0.3, 0.4) is 0 Å². The summed E-state index contributed by atoms with van der Waals surface area (Å²) < 4.78 is 12.6. The quantitative estimate of drug-likeness (QED) is 0.265. The van der Waals surface area contributed by atoms with Gasteiger partial charge in [0.2, 0.25) is 11.8 Å². The van der Waals surface area contributed by atoms with Crippen molar-refractivity contribution < 1.29 is 19.1 Å². The monoisotopic (exact) mass is 509 g/mol. The zero-order valence-electron chi connectivity index (χ0n) is 20.7. The highest BCUT2D eigenvalue weighted by atomic mass is 32.2. The molecular formula is C26H31N5O4S. The Balaban J connectivity index is 1.61. The summed E-state index contributed by atoms with van der Waals surface area (Å²) in [5.74, 6) is 1.75. The van der Waals surface area contributed by atoms with Crippen LogP contribution in [-0.4, -0.2) is 46.0 Å². The lowest BCUT2D eigenvalue weighted by molar-refractivity contribution is -0.121. The lowest BCUT2D eigenvalue weighted by Gasteiger charge is -2.15. The van der Waals surface area contributed by atoms with E-state index in [1.807, 2.05) is 60.9 Å². The SMILES string of the molecule is C=CCn1c(SCC(=O)Nc2ccccc2OCC)nnc1C(C)NC(=O)Cc1ccc(OC)cc1. The lowest BCUT2D eigenvalue weighted by atomic mass is 10.1. The van der Waals surface area contributed by atoms with Crippen molar-refractivity contribution >= 4 is 29.3 Å². The Kier molecular flexibility index (Phi) is 9.93. The van der Waals surface area contributed by atoms with Crippen molar-refractivity contribution in [3.8, 4) is 11.5 Å². The molecule has 1 atom stereocenters. The maximum absolute atomic E-state index is 12.6. The average molecular weight is 510 g/mol. The van der Waals surface area contributed by atoms with E-state index in [1.165, 1.54) is 11.8 Å². The second-order valence-electron chi connectivity index (χ2n) is 7.82. The molecule has 0 aliphatic carbocycles. The van der Waals surface area contributed by atoms with Gasteiger partial charge in [0.25, 0.3) is 0 Å². The number of amides is 2. The first kappa shape index (κ1) is 26.8. The molecule has 3 rings (SSSR count). The maximum Gasteiger partial charge on any atom is 0.234 e. The fourth-order valence-corrected chi connectivity index (χ4v) is 4.24. The number of hydrogen-bond acceptors (Lipinski definition) is 7. The van der Waals surface area contributed by atoms with Crippen molar-refractivity contribution in [2.75, 3.05) is 24.8 Å². The van der Waals surface area contributed by atoms with Crippen LogP contribution in [-0.2, 0) is 22.6 Å². The summed E-state index contributed by atoms with van der Waals surface area (Å²) in [6.45, 7) is 8.49. The second kappa shape index (κ2) is 13.3.